The average Bonchev–Trinajstić information content (AvgIpc) is 2.91. The number of carbonyl (C=O) groups is 1. The lowest BCUT2D eigenvalue weighted by Gasteiger charge is -2.21. The summed E-state index contributed by atoms with van der Waals surface area (Å²) in [7, 11) is 4.20. The third-order valence-corrected chi connectivity index (χ3v) is 5.16. The number of nitrogens with zero attached hydrogens (tertiary/aromatic N) is 5. The number of aromatic carboxylic acids is 1. The lowest BCUT2D eigenvalue weighted by molar-refractivity contribution is -0.0919. The maximum atomic E-state index is 13.0. The Kier molecular flexibility index (Phi) is 8.55. The van der Waals surface area contributed by atoms with Crippen molar-refractivity contribution in [3.8, 4) is 28.5 Å². The van der Waals surface area contributed by atoms with E-state index >= 15 is 0 Å². The number of aliphatic imine (C=N–C) groups is 1. The molecule has 0 atom stereocenters. The highest BCUT2D eigenvalue weighted by Crippen LogP contribution is 2.33. The summed E-state index contributed by atoms with van der Waals surface area (Å²) in [5.74, 6) is 5.16. The highest BCUT2D eigenvalue weighted by molar-refractivity contribution is 5.99. The number of amidine groups is 1. The average molecular weight is 547 g/mol. The summed E-state index contributed by atoms with van der Waals surface area (Å²) < 4.78 is 54.6. The van der Waals surface area contributed by atoms with Crippen molar-refractivity contribution in [1.82, 2.24) is 15.0 Å². The quantitative estimate of drug-likeness (QED) is 0.153. The number of nitrogens with two attached hydrogens (primary N) is 1. The molecule has 0 aliphatic rings. The largest absolute Gasteiger partial charge is 0.497 e. The number of anilines is 3. The van der Waals surface area contributed by atoms with Crippen molar-refractivity contribution < 1.29 is 37.3 Å². The van der Waals surface area contributed by atoms with Crippen molar-refractivity contribution in [3.63, 3.8) is 0 Å². The van der Waals surface area contributed by atoms with E-state index in [4.69, 9.17) is 20.1 Å². The van der Waals surface area contributed by atoms with Crippen LogP contribution in [0, 0.1) is 0 Å². The summed E-state index contributed by atoms with van der Waals surface area (Å²) in [5.41, 5.74) is -0.867. The van der Waals surface area contributed by atoms with E-state index in [1.807, 2.05) is 0 Å². The number of hydrogen-bond donors (Lipinski definition) is 3. The highest BCUT2D eigenvalue weighted by Gasteiger charge is 2.32. The number of hydrogen-bond acceptors (Lipinski definition) is 10. The second kappa shape index (κ2) is 11.6. The first kappa shape index (κ1) is 28.6. The molecule has 0 radical (unpaired) electrons. The molecule has 2 heterocycles. The Morgan fingerprint density at radius 3 is 2.26 bits per heavy atom. The smallest absolute Gasteiger partial charge is 0.432 e. The Balaban J connectivity index is 2.15. The normalized spacial score (nSPS) is 11.5. The van der Waals surface area contributed by atoms with E-state index in [0.717, 1.165) is 5.01 Å². The van der Waals surface area contributed by atoms with Crippen LogP contribution in [0.3, 0.4) is 0 Å². The molecule has 39 heavy (non-hydrogen) atoms. The molecule has 0 bridgehead atoms. The molecular weight excluding hydrogens is 523 g/mol. The lowest BCUT2D eigenvalue weighted by Crippen LogP contribution is -2.37. The van der Waals surface area contributed by atoms with E-state index in [1.54, 1.807) is 18.2 Å². The van der Waals surface area contributed by atoms with Gasteiger partial charge in [0.25, 0.3) is 0 Å². The zero-order valence-corrected chi connectivity index (χ0v) is 21.2. The summed E-state index contributed by atoms with van der Waals surface area (Å²) >= 11 is 0. The molecule has 0 fully saturated rings. The SMILES string of the molecule is C=C(N=C(C)N(N)c1nc(Nc2cc(OC)cc(OC)c2)ncc1-c1cnc(OC)c(C(=O)O)c1)C(F)(F)F. The van der Waals surface area contributed by atoms with E-state index in [1.165, 1.54) is 46.7 Å². The number of halogens is 3. The third kappa shape index (κ3) is 6.70. The van der Waals surface area contributed by atoms with Gasteiger partial charge in [0.1, 0.15) is 28.6 Å². The Bertz CT molecular complexity index is 1410. The van der Waals surface area contributed by atoms with Crippen LogP contribution in [0.15, 0.2) is 53.9 Å². The van der Waals surface area contributed by atoms with Gasteiger partial charge in [0.05, 0.1) is 21.3 Å². The topological polar surface area (TPSA) is 157 Å². The molecule has 0 unspecified atom stereocenters. The molecule has 12 nitrogen and oxygen atoms in total. The first-order valence-electron chi connectivity index (χ1n) is 10.9. The second-order valence-corrected chi connectivity index (χ2v) is 7.72. The van der Waals surface area contributed by atoms with E-state index in [0.29, 0.717) is 17.2 Å². The summed E-state index contributed by atoms with van der Waals surface area (Å²) in [6.07, 6.45) is -2.21. The number of pyridine rings is 1. The molecule has 3 rings (SSSR count). The van der Waals surface area contributed by atoms with Crippen LogP contribution in [0.2, 0.25) is 0 Å². The van der Waals surface area contributed by atoms with Crippen LogP contribution in [-0.4, -0.2) is 59.4 Å². The molecule has 0 saturated heterocycles. The van der Waals surface area contributed by atoms with Gasteiger partial charge in [0, 0.05) is 47.4 Å². The molecule has 0 aliphatic carbocycles. The first-order chi connectivity index (χ1) is 18.4. The fraction of sp³-hybridized carbons (Fsp3) is 0.208. The molecular formula is C24H24F3N7O5. The molecule has 2 aromatic heterocycles. The number of aromatic nitrogens is 3. The number of carboxylic acids is 1. The minimum atomic E-state index is -4.79. The molecule has 1 aromatic carbocycles. The molecule has 0 amide bonds. The van der Waals surface area contributed by atoms with Crippen molar-refractivity contribution in [3.05, 3.63) is 54.5 Å². The fourth-order valence-electron chi connectivity index (χ4n) is 3.21. The summed E-state index contributed by atoms with van der Waals surface area (Å²) in [6, 6.07) is 6.15. The lowest BCUT2D eigenvalue weighted by atomic mass is 10.1. The van der Waals surface area contributed by atoms with Gasteiger partial charge in [-0.25, -0.2) is 30.6 Å². The summed E-state index contributed by atoms with van der Waals surface area (Å²) in [4.78, 5) is 27.8. The zero-order chi connectivity index (χ0) is 28.9. The number of methoxy groups -OCH3 is 3. The standard InChI is InChI=1S/C24H24F3N7O5/c1-12(24(25,26)27)31-13(2)34(28)20-19(14-6-18(22(35)36)21(39-5)29-10-14)11-30-23(33-20)32-15-7-16(37-3)9-17(8-15)38-4/h6-11H,1,28H2,2-5H3,(H,35,36)(H,30,32,33). The summed E-state index contributed by atoms with van der Waals surface area (Å²) in [6.45, 7) is 4.15. The number of benzene rings is 1. The van der Waals surface area contributed by atoms with Crippen LogP contribution in [0.1, 0.15) is 17.3 Å². The van der Waals surface area contributed by atoms with Crippen molar-refractivity contribution in [2.45, 2.75) is 13.1 Å². The van der Waals surface area contributed by atoms with Gasteiger partial charge in [0.2, 0.25) is 11.8 Å². The molecule has 206 valence electrons. The van der Waals surface area contributed by atoms with Gasteiger partial charge in [-0.2, -0.15) is 18.2 Å². The predicted molar refractivity (Wildman–Crippen MR) is 137 cm³/mol. The Morgan fingerprint density at radius 2 is 1.72 bits per heavy atom. The van der Waals surface area contributed by atoms with E-state index in [2.05, 4.69) is 31.8 Å². The number of hydrazine groups is 1. The molecule has 15 heteroatoms. The maximum Gasteiger partial charge on any atom is 0.432 e. The number of rotatable bonds is 9. The monoisotopic (exact) mass is 547 g/mol. The Morgan fingerprint density at radius 1 is 1.08 bits per heavy atom. The number of allylic oxidation sites excluding steroid dienone is 1. The van der Waals surface area contributed by atoms with Crippen molar-refractivity contribution in [1.29, 1.82) is 0 Å². The predicted octanol–water partition coefficient (Wildman–Crippen LogP) is 4.18. The molecule has 0 spiro atoms. The van der Waals surface area contributed by atoms with Gasteiger partial charge in [-0.1, -0.05) is 6.58 Å². The Hall–Kier alpha value is -4.92. The van der Waals surface area contributed by atoms with E-state index in [-0.39, 0.29) is 40.2 Å². The van der Waals surface area contributed by atoms with Gasteiger partial charge in [0.15, 0.2) is 5.82 Å². The highest BCUT2D eigenvalue weighted by atomic mass is 19.4. The fourth-order valence-corrected chi connectivity index (χ4v) is 3.21. The number of carboxylic acid groups (broad SMARTS) is 1. The first-order valence-corrected chi connectivity index (χ1v) is 10.9. The number of nitrogens with one attached hydrogen (secondary N) is 1. The van der Waals surface area contributed by atoms with Crippen LogP contribution in [0.5, 0.6) is 17.4 Å². The third-order valence-electron chi connectivity index (χ3n) is 5.16. The minimum Gasteiger partial charge on any atom is -0.497 e. The Labute approximate surface area is 220 Å². The van der Waals surface area contributed by atoms with Crippen LogP contribution in [0.4, 0.5) is 30.6 Å². The van der Waals surface area contributed by atoms with Gasteiger partial charge >= 0.3 is 12.1 Å². The van der Waals surface area contributed by atoms with Gasteiger partial charge < -0.3 is 24.6 Å². The number of ether oxygens (including phenoxy) is 3. The van der Waals surface area contributed by atoms with Crippen LogP contribution < -0.4 is 30.4 Å². The van der Waals surface area contributed by atoms with Crippen LogP contribution in [-0.2, 0) is 0 Å². The molecule has 0 saturated carbocycles. The van der Waals surface area contributed by atoms with Crippen molar-refractivity contribution in [2.24, 2.45) is 10.8 Å². The van der Waals surface area contributed by atoms with Crippen LogP contribution >= 0.6 is 0 Å². The minimum absolute atomic E-state index is 0.0121. The van der Waals surface area contributed by atoms with Crippen molar-refractivity contribution >= 4 is 29.3 Å². The van der Waals surface area contributed by atoms with E-state index in [9.17, 15) is 23.1 Å². The molecule has 3 aromatic rings. The van der Waals surface area contributed by atoms with E-state index < -0.39 is 17.8 Å². The van der Waals surface area contributed by atoms with Gasteiger partial charge in [-0.3, -0.25) is 0 Å². The molecule has 4 N–H and O–H groups in total. The second-order valence-electron chi connectivity index (χ2n) is 7.72. The van der Waals surface area contributed by atoms with Crippen molar-refractivity contribution in [2.75, 3.05) is 31.7 Å². The maximum absolute atomic E-state index is 13.0. The number of alkyl halides is 3. The van der Waals surface area contributed by atoms with Gasteiger partial charge in [-0.15, -0.1) is 0 Å². The summed E-state index contributed by atoms with van der Waals surface area (Å²) in [5, 5.41) is 13.3. The molecule has 0 aliphatic heterocycles. The van der Waals surface area contributed by atoms with Crippen LogP contribution in [0.25, 0.3) is 11.1 Å². The zero-order valence-electron chi connectivity index (χ0n) is 21.2. The van der Waals surface area contributed by atoms with Gasteiger partial charge in [-0.05, 0) is 13.0 Å².